The van der Waals surface area contributed by atoms with Crippen LogP contribution in [0.3, 0.4) is 0 Å². The molecule has 2 N–H and O–H groups in total. The predicted octanol–water partition coefficient (Wildman–Crippen LogP) is 5.13. The van der Waals surface area contributed by atoms with E-state index in [-0.39, 0.29) is 16.9 Å². The molecule has 3 aromatic rings. The number of ether oxygens (including phenoxy) is 1. The minimum Gasteiger partial charge on any atom is -0.496 e. The molecule has 0 fully saturated rings. The first kappa shape index (κ1) is 20.3. The summed E-state index contributed by atoms with van der Waals surface area (Å²) in [6.07, 6.45) is 0.422. The highest BCUT2D eigenvalue weighted by Gasteiger charge is 2.12. The van der Waals surface area contributed by atoms with Crippen LogP contribution in [-0.2, 0) is 4.79 Å². The van der Waals surface area contributed by atoms with Gasteiger partial charge in [-0.05, 0) is 70.5 Å². The van der Waals surface area contributed by atoms with Gasteiger partial charge in [0.05, 0.1) is 11.6 Å². The molecule has 0 aliphatic carbocycles. The molecule has 8 heteroatoms. The molecule has 1 heterocycles. The van der Waals surface area contributed by atoms with Crippen LogP contribution in [0.1, 0.15) is 20.3 Å². The van der Waals surface area contributed by atoms with Crippen molar-refractivity contribution in [1.29, 1.82) is 0 Å². The monoisotopic (exact) mass is 461 g/mol. The van der Waals surface area contributed by atoms with Crippen LogP contribution in [0.4, 0.5) is 5.69 Å². The van der Waals surface area contributed by atoms with E-state index in [1.165, 1.54) is 0 Å². The number of nitrogens with one attached hydrogen (secondary N) is 2. The van der Waals surface area contributed by atoms with Crippen molar-refractivity contribution in [2.75, 3.05) is 12.4 Å². The summed E-state index contributed by atoms with van der Waals surface area (Å²) in [6.45, 7) is 3.96. The number of fused-ring (bicyclic) bond motifs is 1. The lowest BCUT2D eigenvalue weighted by molar-refractivity contribution is -0.120. The Balaban J connectivity index is 1.76. The molecule has 0 saturated carbocycles. The van der Waals surface area contributed by atoms with Crippen molar-refractivity contribution in [3.05, 3.63) is 40.9 Å². The molecular weight excluding hydrogens is 442 g/mol. The Morgan fingerprint density at radius 3 is 2.75 bits per heavy atom. The number of halogens is 1. The Morgan fingerprint density at radius 1 is 1.29 bits per heavy atom. The topological polar surface area (TPSA) is 76.4 Å². The third-order valence-corrected chi connectivity index (χ3v) is 4.71. The lowest BCUT2D eigenvalue weighted by Gasteiger charge is -2.10. The summed E-state index contributed by atoms with van der Waals surface area (Å²) in [7, 11) is 1.61. The van der Waals surface area contributed by atoms with E-state index < -0.39 is 0 Å². The molecule has 0 atom stereocenters. The van der Waals surface area contributed by atoms with Crippen molar-refractivity contribution in [3.8, 4) is 17.2 Å². The molecule has 6 nitrogen and oxygen atoms in total. The maximum absolute atomic E-state index is 11.8. The van der Waals surface area contributed by atoms with Crippen LogP contribution < -0.4 is 15.4 Å². The van der Waals surface area contributed by atoms with Crippen LogP contribution in [0, 0.1) is 5.92 Å². The fourth-order valence-corrected chi connectivity index (χ4v) is 3.41. The number of hydrogen-bond acceptors (Lipinski definition) is 5. The van der Waals surface area contributed by atoms with E-state index in [0.717, 1.165) is 21.5 Å². The van der Waals surface area contributed by atoms with Gasteiger partial charge in [-0.2, -0.15) is 0 Å². The largest absolute Gasteiger partial charge is 0.496 e. The van der Waals surface area contributed by atoms with Crippen molar-refractivity contribution < 1.29 is 13.9 Å². The number of amides is 1. The van der Waals surface area contributed by atoms with E-state index >= 15 is 0 Å². The smallest absolute Gasteiger partial charge is 0.227 e. The Bertz CT molecular complexity index is 1030. The van der Waals surface area contributed by atoms with Gasteiger partial charge in [0, 0.05) is 17.7 Å². The van der Waals surface area contributed by atoms with Crippen LogP contribution in [0.2, 0.25) is 0 Å². The molecule has 3 rings (SSSR count). The number of thiocarbonyl (C=S) groups is 1. The molecule has 0 aliphatic rings. The molecule has 1 aromatic heterocycles. The van der Waals surface area contributed by atoms with Gasteiger partial charge in [0.15, 0.2) is 10.7 Å². The minimum atomic E-state index is -0.109. The van der Waals surface area contributed by atoms with Gasteiger partial charge in [0.2, 0.25) is 11.8 Å². The Hall–Kier alpha value is -2.45. The Kier molecular flexibility index (Phi) is 6.31. The zero-order chi connectivity index (χ0) is 20.3. The van der Waals surface area contributed by atoms with Gasteiger partial charge >= 0.3 is 0 Å². The van der Waals surface area contributed by atoms with Crippen LogP contribution in [0.25, 0.3) is 22.6 Å². The average molecular weight is 462 g/mol. The number of carbonyl (C=O) groups excluding carboxylic acids is 1. The number of aromatic nitrogens is 1. The molecule has 0 unspecified atom stereocenters. The van der Waals surface area contributed by atoms with Gasteiger partial charge in [0.25, 0.3) is 0 Å². The zero-order valence-electron chi connectivity index (χ0n) is 15.7. The van der Waals surface area contributed by atoms with Gasteiger partial charge in [0.1, 0.15) is 11.3 Å². The second-order valence-electron chi connectivity index (χ2n) is 6.65. The second kappa shape index (κ2) is 8.70. The van der Waals surface area contributed by atoms with Crippen LogP contribution in [0.5, 0.6) is 5.75 Å². The van der Waals surface area contributed by atoms with Crippen LogP contribution >= 0.6 is 28.1 Å². The van der Waals surface area contributed by atoms with Crippen molar-refractivity contribution in [3.63, 3.8) is 0 Å². The molecule has 146 valence electrons. The number of benzene rings is 2. The highest BCUT2D eigenvalue weighted by molar-refractivity contribution is 9.10. The standard InChI is InChI=1S/C20H20BrN3O3S/c1-11(2)8-18(25)24-20(28)22-13-5-7-17-15(10-13)23-19(27-17)12-4-6-16(26-3)14(21)9-12/h4-7,9-11H,8H2,1-3H3,(H2,22,24,25,28). The quantitative estimate of drug-likeness (QED) is 0.513. The van der Waals surface area contributed by atoms with Gasteiger partial charge in [-0.1, -0.05) is 13.8 Å². The first-order chi connectivity index (χ1) is 13.4. The molecule has 2 aromatic carbocycles. The van der Waals surface area contributed by atoms with Gasteiger partial charge < -0.3 is 19.8 Å². The summed E-state index contributed by atoms with van der Waals surface area (Å²) in [6, 6.07) is 11.1. The molecule has 28 heavy (non-hydrogen) atoms. The van der Waals surface area contributed by atoms with E-state index in [1.807, 2.05) is 50.2 Å². The zero-order valence-corrected chi connectivity index (χ0v) is 18.1. The van der Waals surface area contributed by atoms with Crippen molar-refractivity contribution >= 4 is 56.0 Å². The Labute approximate surface area is 176 Å². The summed E-state index contributed by atoms with van der Waals surface area (Å²) >= 11 is 8.67. The number of hydrogen-bond donors (Lipinski definition) is 2. The van der Waals surface area contributed by atoms with E-state index in [2.05, 4.69) is 31.5 Å². The van der Waals surface area contributed by atoms with E-state index in [9.17, 15) is 4.79 Å². The van der Waals surface area contributed by atoms with E-state index in [4.69, 9.17) is 21.4 Å². The fraction of sp³-hybridized carbons (Fsp3) is 0.250. The normalized spacial score (nSPS) is 10.9. The molecular formula is C20H20BrN3O3S. The SMILES string of the molecule is COc1ccc(-c2nc3cc(NC(=S)NC(=O)CC(C)C)ccc3o2)cc1Br. The number of methoxy groups -OCH3 is 1. The predicted molar refractivity (Wildman–Crippen MR) is 118 cm³/mol. The van der Waals surface area contributed by atoms with Crippen molar-refractivity contribution in [2.24, 2.45) is 5.92 Å². The number of anilines is 1. The van der Waals surface area contributed by atoms with Crippen LogP contribution in [0.15, 0.2) is 45.3 Å². The van der Waals surface area contributed by atoms with Crippen molar-refractivity contribution in [1.82, 2.24) is 10.3 Å². The number of nitrogens with zero attached hydrogens (tertiary/aromatic N) is 1. The van der Waals surface area contributed by atoms with Gasteiger partial charge in [-0.25, -0.2) is 4.98 Å². The summed E-state index contributed by atoms with van der Waals surface area (Å²) < 4.78 is 11.9. The molecule has 0 aliphatic heterocycles. The number of carbonyl (C=O) groups is 1. The maximum Gasteiger partial charge on any atom is 0.227 e. The molecule has 0 bridgehead atoms. The summed E-state index contributed by atoms with van der Waals surface area (Å²) in [4.78, 5) is 16.4. The van der Waals surface area contributed by atoms with Crippen molar-refractivity contribution in [2.45, 2.75) is 20.3 Å². The summed E-state index contributed by atoms with van der Waals surface area (Å²) in [5, 5.41) is 5.94. The lowest BCUT2D eigenvalue weighted by Crippen LogP contribution is -2.34. The average Bonchev–Trinajstić information content (AvgIpc) is 3.04. The molecule has 0 spiro atoms. The van der Waals surface area contributed by atoms with Crippen LogP contribution in [-0.4, -0.2) is 23.1 Å². The highest BCUT2D eigenvalue weighted by Crippen LogP contribution is 2.32. The Morgan fingerprint density at radius 2 is 2.07 bits per heavy atom. The van der Waals surface area contributed by atoms with E-state index in [1.54, 1.807) is 7.11 Å². The second-order valence-corrected chi connectivity index (χ2v) is 7.91. The third kappa shape index (κ3) is 4.88. The fourth-order valence-electron chi connectivity index (χ4n) is 2.64. The first-order valence-electron chi connectivity index (χ1n) is 8.71. The number of oxazole rings is 1. The lowest BCUT2D eigenvalue weighted by atomic mass is 10.1. The highest BCUT2D eigenvalue weighted by atomic mass is 79.9. The van der Waals surface area contributed by atoms with Gasteiger partial charge in [-0.3, -0.25) is 4.79 Å². The summed E-state index contributed by atoms with van der Waals surface area (Å²) in [5.41, 5.74) is 2.89. The molecule has 0 radical (unpaired) electrons. The maximum atomic E-state index is 11.8. The third-order valence-electron chi connectivity index (χ3n) is 3.89. The van der Waals surface area contributed by atoms with Gasteiger partial charge in [-0.15, -0.1) is 0 Å². The minimum absolute atomic E-state index is 0.109. The first-order valence-corrected chi connectivity index (χ1v) is 9.91. The number of rotatable bonds is 5. The van der Waals surface area contributed by atoms with E-state index in [0.29, 0.717) is 23.4 Å². The molecule has 0 saturated heterocycles. The summed E-state index contributed by atoms with van der Waals surface area (Å²) in [5.74, 6) is 1.40. The molecule has 1 amide bonds.